The molecule has 1 unspecified atom stereocenters. The van der Waals surface area contributed by atoms with Crippen LogP contribution < -0.4 is 10.2 Å². The summed E-state index contributed by atoms with van der Waals surface area (Å²) in [6.45, 7) is 3.89. The van der Waals surface area contributed by atoms with Crippen molar-refractivity contribution in [1.82, 2.24) is 5.32 Å². The summed E-state index contributed by atoms with van der Waals surface area (Å²) in [6.07, 6.45) is -3.89. The molecule has 1 aromatic heterocycles. The molecule has 2 aliphatic rings. The highest BCUT2D eigenvalue weighted by Gasteiger charge is 2.46. The smallest absolute Gasteiger partial charge is 0.373 e. The predicted molar refractivity (Wildman–Crippen MR) is 130 cm³/mol. The van der Waals surface area contributed by atoms with Crippen LogP contribution in [-0.2, 0) is 11.0 Å². The van der Waals surface area contributed by atoms with Gasteiger partial charge >= 0.3 is 6.18 Å². The highest BCUT2D eigenvalue weighted by Crippen LogP contribution is 2.52. The Hall–Kier alpha value is -2.28. The van der Waals surface area contributed by atoms with E-state index in [-0.39, 0.29) is 28.5 Å². The number of allylic oxidation sites excluding steroid dienone is 3. The lowest BCUT2D eigenvalue weighted by atomic mass is 9.69. The van der Waals surface area contributed by atoms with Gasteiger partial charge in [0.2, 0.25) is 0 Å². The molecular formula is C24H20BrClF3N3OS. The van der Waals surface area contributed by atoms with Crippen molar-refractivity contribution in [2.75, 3.05) is 11.9 Å². The Morgan fingerprint density at radius 3 is 2.53 bits per heavy atom. The van der Waals surface area contributed by atoms with Crippen molar-refractivity contribution in [2.45, 2.75) is 38.8 Å². The van der Waals surface area contributed by atoms with Crippen LogP contribution >= 0.6 is 38.9 Å². The Labute approximate surface area is 212 Å². The molecule has 2 heterocycles. The maximum absolute atomic E-state index is 13.6. The number of rotatable bonds is 3. The molecule has 1 aliphatic carbocycles. The fraction of sp³-hybridized carbons (Fsp3) is 0.333. The number of alkyl halides is 3. The number of nitriles is 1. The second-order valence-electron chi connectivity index (χ2n) is 9.00. The van der Waals surface area contributed by atoms with Gasteiger partial charge in [0.1, 0.15) is 5.82 Å². The quantitative estimate of drug-likeness (QED) is 0.418. The van der Waals surface area contributed by atoms with Crippen LogP contribution in [0.4, 0.5) is 18.9 Å². The molecule has 0 saturated heterocycles. The van der Waals surface area contributed by atoms with E-state index in [9.17, 15) is 23.2 Å². The van der Waals surface area contributed by atoms with Crippen molar-refractivity contribution >= 4 is 50.3 Å². The van der Waals surface area contributed by atoms with E-state index >= 15 is 0 Å². The van der Waals surface area contributed by atoms with Crippen molar-refractivity contribution in [3.63, 3.8) is 0 Å². The fourth-order valence-corrected chi connectivity index (χ4v) is 6.37. The molecule has 178 valence electrons. The van der Waals surface area contributed by atoms with Crippen LogP contribution in [0.2, 0.25) is 5.02 Å². The molecule has 2 aromatic rings. The number of carbonyl (C=O) groups excluding carboxylic acids is 1. The Kier molecular flexibility index (Phi) is 6.38. The van der Waals surface area contributed by atoms with Crippen LogP contribution in [0.5, 0.6) is 0 Å². The second kappa shape index (κ2) is 8.74. The number of hydrogen-bond donors (Lipinski definition) is 1. The molecule has 0 bridgehead atoms. The summed E-state index contributed by atoms with van der Waals surface area (Å²) < 4.78 is 41.6. The standard InChI is InChI=1S/C24H20BrClF3N3OS/c1-23(2)9-16-21(17(33)10-23)20(18-6-7-19(25)34-18)13(11-30)22(31-3)32(16)15-8-12(24(27,28)29)4-5-14(15)26/h4-8,20,31H,9-10H2,1-3H3. The van der Waals surface area contributed by atoms with Gasteiger partial charge in [0.05, 0.1) is 37.6 Å². The third-order valence-electron chi connectivity index (χ3n) is 5.97. The van der Waals surface area contributed by atoms with Crippen LogP contribution in [0.3, 0.4) is 0 Å². The fourth-order valence-electron chi connectivity index (χ4n) is 4.62. The summed E-state index contributed by atoms with van der Waals surface area (Å²) in [7, 11) is 1.60. The lowest BCUT2D eigenvalue weighted by Gasteiger charge is -2.44. The Bertz CT molecular complexity index is 1290. The highest BCUT2D eigenvalue weighted by atomic mass is 79.9. The number of nitrogens with zero attached hydrogens (tertiary/aromatic N) is 2. The van der Waals surface area contributed by atoms with Gasteiger partial charge in [-0.25, -0.2) is 0 Å². The summed E-state index contributed by atoms with van der Waals surface area (Å²) in [5, 5.41) is 13.3. The van der Waals surface area contributed by atoms with Crippen LogP contribution in [0.1, 0.15) is 43.0 Å². The zero-order valence-electron chi connectivity index (χ0n) is 18.5. The largest absolute Gasteiger partial charge is 0.416 e. The SMILES string of the molecule is CNC1=C(C#N)C(c2ccc(Br)s2)C2=C(CC(C)(C)CC2=O)N1c1cc(C(F)(F)F)ccc1Cl. The number of benzene rings is 1. The number of carbonyl (C=O) groups is 1. The van der Waals surface area contributed by atoms with Crippen molar-refractivity contribution in [1.29, 1.82) is 5.26 Å². The van der Waals surface area contributed by atoms with E-state index < -0.39 is 23.1 Å². The summed E-state index contributed by atoms with van der Waals surface area (Å²) >= 11 is 11.3. The van der Waals surface area contributed by atoms with E-state index in [0.29, 0.717) is 23.5 Å². The maximum atomic E-state index is 13.6. The summed E-state index contributed by atoms with van der Waals surface area (Å²) in [4.78, 5) is 15.9. The molecule has 0 spiro atoms. The van der Waals surface area contributed by atoms with E-state index in [4.69, 9.17) is 11.6 Å². The Morgan fingerprint density at radius 2 is 1.97 bits per heavy atom. The van der Waals surface area contributed by atoms with Gasteiger partial charge in [-0.1, -0.05) is 25.4 Å². The highest BCUT2D eigenvalue weighted by molar-refractivity contribution is 9.11. The van der Waals surface area contributed by atoms with Crippen molar-refractivity contribution in [3.05, 3.63) is 72.2 Å². The Balaban J connectivity index is 2.06. The topological polar surface area (TPSA) is 56.1 Å². The van der Waals surface area contributed by atoms with Crippen LogP contribution in [-0.4, -0.2) is 12.8 Å². The van der Waals surface area contributed by atoms with E-state index in [1.165, 1.54) is 22.3 Å². The number of ketones is 1. The molecule has 0 fully saturated rings. The van der Waals surface area contributed by atoms with Gasteiger partial charge in [-0.2, -0.15) is 18.4 Å². The average molecular weight is 571 g/mol. The van der Waals surface area contributed by atoms with Crippen molar-refractivity contribution in [3.8, 4) is 6.07 Å². The first-order valence-electron chi connectivity index (χ1n) is 10.4. The van der Waals surface area contributed by atoms with Gasteiger partial charge in [-0.15, -0.1) is 11.3 Å². The molecule has 34 heavy (non-hydrogen) atoms. The summed E-state index contributed by atoms with van der Waals surface area (Å²) in [5.41, 5.74) is 0.00702. The molecule has 1 N–H and O–H groups in total. The van der Waals surface area contributed by atoms with Crippen molar-refractivity contribution in [2.24, 2.45) is 5.41 Å². The average Bonchev–Trinajstić information content (AvgIpc) is 3.16. The molecule has 1 atom stereocenters. The molecular weight excluding hydrogens is 551 g/mol. The second-order valence-corrected chi connectivity index (χ2v) is 11.9. The third kappa shape index (κ3) is 4.28. The van der Waals surface area contributed by atoms with E-state index in [1.54, 1.807) is 7.05 Å². The maximum Gasteiger partial charge on any atom is 0.416 e. The van der Waals surface area contributed by atoms with E-state index in [0.717, 1.165) is 20.8 Å². The number of halogens is 5. The first-order valence-corrected chi connectivity index (χ1v) is 12.4. The number of anilines is 1. The van der Waals surface area contributed by atoms with Crippen LogP contribution in [0, 0.1) is 16.7 Å². The molecule has 4 nitrogen and oxygen atoms in total. The lowest BCUT2D eigenvalue weighted by molar-refractivity contribution is -0.137. The molecule has 0 radical (unpaired) electrons. The molecule has 4 rings (SSSR count). The first kappa shape index (κ1) is 24.8. The van der Waals surface area contributed by atoms with Gasteiger partial charge in [0, 0.05) is 29.6 Å². The van der Waals surface area contributed by atoms with Gasteiger partial charge in [0.15, 0.2) is 5.78 Å². The predicted octanol–water partition coefficient (Wildman–Crippen LogP) is 7.38. The molecule has 1 aromatic carbocycles. The normalized spacial score (nSPS) is 20.4. The molecule has 0 saturated carbocycles. The van der Waals surface area contributed by atoms with Crippen LogP contribution in [0.15, 0.2) is 56.8 Å². The minimum absolute atomic E-state index is 0.0670. The number of thiophene rings is 1. The molecule has 1 aliphatic heterocycles. The van der Waals surface area contributed by atoms with Gasteiger partial charge in [0.25, 0.3) is 0 Å². The zero-order chi connectivity index (χ0) is 25.0. The minimum Gasteiger partial charge on any atom is -0.373 e. The Morgan fingerprint density at radius 1 is 1.26 bits per heavy atom. The minimum atomic E-state index is -4.58. The number of nitrogens with one attached hydrogen (secondary N) is 1. The number of hydrogen-bond acceptors (Lipinski definition) is 5. The molecule has 10 heteroatoms. The first-order chi connectivity index (χ1) is 15.9. The lowest BCUT2D eigenvalue weighted by Crippen LogP contribution is -2.43. The zero-order valence-corrected chi connectivity index (χ0v) is 21.6. The summed E-state index contributed by atoms with van der Waals surface area (Å²) in [5.74, 6) is -0.442. The summed E-state index contributed by atoms with van der Waals surface area (Å²) in [6, 6.07) is 9.00. The third-order valence-corrected chi connectivity index (χ3v) is 7.98. The van der Waals surface area contributed by atoms with Crippen molar-refractivity contribution < 1.29 is 18.0 Å². The van der Waals surface area contributed by atoms with E-state index in [2.05, 4.69) is 27.3 Å². The molecule has 0 amide bonds. The monoisotopic (exact) mass is 569 g/mol. The van der Waals surface area contributed by atoms with Crippen LogP contribution in [0.25, 0.3) is 0 Å². The van der Waals surface area contributed by atoms with Gasteiger partial charge < -0.3 is 5.32 Å². The van der Waals surface area contributed by atoms with Gasteiger partial charge in [-0.3, -0.25) is 9.69 Å². The number of Topliss-reactive ketones (excluding diaryl/α,β-unsaturated/α-hetero) is 1. The van der Waals surface area contributed by atoms with E-state index in [1.807, 2.05) is 26.0 Å². The van der Waals surface area contributed by atoms with Gasteiger partial charge in [-0.05, 0) is 58.1 Å².